The maximum Gasteiger partial charge on any atom is 0.418 e. The molecule has 1 fully saturated rings. The Labute approximate surface area is 91.1 Å². The number of nitrogens with zero attached hydrogens (tertiary/aromatic N) is 1. The summed E-state index contributed by atoms with van der Waals surface area (Å²) in [6.45, 7) is -0.0686. The van der Waals surface area contributed by atoms with Crippen LogP contribution < -0.4 is 0 Å². The Hall–Kier alpha value is -1.10. The third-order valence-electron chi connectivity index (χ3n) is 3.03. The van der Waals surface area contributed by atoms with Gasteiger partial charge in [0.1, 0.15) is 0 Å². The molecule has 1 aromatic heterocycles. The minimum absolute atomic E-state index is 0.0431. The summed E-state index contributed by atoms with van der Waals surface area (Å²) in [5.41, 5.74) is -0.995. The summed E-state index contributed by atoms with van der Waals surface area (Å²) in [4.78, 5) is 3.79. The minimum atomic E-state index is -4.37. The van der Waals surface area contributed by atoms with Gasteiger partial charge in [-0.2, -0.15) is 13.2 Å². The van der Waals surface area contributed by atoms with Crippen LogP contribution in [0.4, 0.5) is 13.2 Å². The zero-order valence-corrected chi connectivity index (χ0v) is 8.59. The van der Waals surface area contributed by atoms with E-state index in [4.69, 9.17) is 5.11 Å². The van der Waals surface area contributed by atoms with Crippen molar-refractivity contribution >= 4 is 0 Å². The summed E-state index contributed by atoms with van der Waals surface area (Å²) < 4.78 is 37.9. The van der Waals surface area contributed by atoms with Gasteiger partial charge in [0.15, 0.2) is 0 Å². The van der Waals surface area contributed by atoms with Gasteiger partial charge >= 0.3 is 6.18 Å². The molecule has 88 valence electrons. The van der Waals surface area contributed by atoms with Gasteiger partial charge in [0.25, 0.3) is 0 Å². The van der Waals surface area contributed by atoms with Gasteiger partial charge in [-0.15, -0.1) is 0 Å². The van der Waals surface area contributed by atoms with E-state index >= 15 is 0 Å². The van der Waals surface area contributed by atoms with E-state index in [1.54, 1.807) is 0 Å². The summed E-state index contributed by atoms with van der Waals surface area (Å²) in [7, 11) is 0. The van der Waals surface area contributed by atoms with Crippen LogP contribution in [0.15, 0.2) is 18.3 Å². The lowest BCUT2D eigenvalue weighted by Crippen LogP contribution is -2.17. The van der Waals surface area contributed by atoms with Crippen LogP contribution >= 0.6 is 0 Å². The van der Waals surface area contributed by atoms with Crippen molar-refractivity contribution in [3.05, 3.63) is 29.6 Å². The van der Waals surface area contributed by atoms with Crippen molar-refractivity contribution in [2.45, 2.75) is 25.4 Å². The topological polar surface area (TPSA) is 33.1 Å². The molecule has 2 nitrogen and oxygen atoms in total. The Morgan fingerprint density at radius 3 is 2.56 bits per heavy atom. The summed E-state index contributed by atoms with van der Waals surface area (Å²) >= 11 is 0. The molecule has 0 aliphatic heterocycles. The van der Waals surface area contributed by atoms with Crippen LogP contribution in [-0.4, -0.2) is 16.7 Å². The van der Waals surface area contributed by atoms with E-state index in [1.807, 2.05) is 0 Å². The highest BCUT2D eigenvalue weighted by atomic mass is 19.4. The molecule has 0 saturated heterocycles. The highest BCUT2D eigenvalue weighted by molar-refractivity contribution is 5.25. The standard InChI is InChI=1S/C11H12F3NO/c12-11(13,14)8-2-1-5-15-9(8)6-10(7-16)3-4-10/h1-2,5,16H,3-4,6-7H2. The normalized spacial score (nSPS) is 18.5. The number of hydrogen-bond donors (Lipinski definition) is 1. The van der Waals surface area contributed by atoms with E-state index in [1.165, 1.54) is 12.3 Å². The molecular formula is C11H12F3NO. The smallest absolute Gasteiger partial charge is 0.396 e. The quantitative estimate of drug-likeness (QED) is 0.866. The Morgan fingerprint density at radius 2 is 2.06 bits per heavy atom. The number of aliphatic hydroxyl groups excluding tert-OH is 1. The van der Waals surface area contributed by atoms with E-state index in [2.05, 4.69) is 4.98 Å². The number of rotatable bonds is 3. The number of hydrogen-bond acceptors (Lipinski definition) is 2. The molecule has 0 bridgehead atoms. The Kier molecular flexibility index (Phi) is 2.66. The first-order valence-electron chi connectivity index (χ1n) is 5.09. The van der Waals surface area contributed by atoms with Crippen molar-refractivity contribution in [3.63, 3.8) is 0 Å². The summed E-state index contributed by atoms with van der Waals surface area (Å²) in [5.74, 6) is 0. The van der Waals surface area contributed by atoms with Crippen LogP contribution in [0.5, 0.6) is 0 Å². The van der Waals surface area contributed by atoms with Crippen molar-refractivity contribution in [2.75, 3.05) is 6.61 Å². The minimum Gasteiger partial charge on any atom is -0.396 e. The third kappa shape index (κ3) is 2.19. The first-order chi connectivity index (χ1) is 7.47. The number of aliphatic hydroxyl groups is 1. The molecule has 2 rings (SSSR count). The van der Waals surface area contributed by atoms with Crippen LogP contribution in [-0.2, 0) is 12.6 Å². The van der Waals surface area contributed by atoms with E-state index in [0.717, 1.165) is 18.9 Å². The van der Waals surface area contributed by atoms with Gasteiger partial charge in [0.05, 0.1) is 11.3 Å². The average Bonchev–Trinajstić information content (AvgIpc) is 2.98. The molecule has 1 N–H and O–H groups in total. The summed E-state index contributed by atoms with van der Waals surface area (Å²) in [5, 5.41) is 9.10. The fraction of sp³-hybridized carbons (Fsp3) is 0.545. The fourth-order valence-corrected chi connectivity index (χ4v) is 1.76. The SMILES string of the molecule is OCC1(Cc2ncccc2C(F)(F)F)CC1. The van der Waals surface area contributed by atoms with Gasteiger partial charge in [-0.25, -0.2) is 0 Å². The van der Waals surface area contributed by atoms with Gasteiger partial charge in [-0.05, 0) is 36.8 Å². The van der Waals surface area contributed by atoms with Crippen molar-refractivity contribution in [3.8, 4) is 0 Å². The molecule has 0 atom stereocenters. The molecular weight excluding hydrogens is 219 g/mol. The number of alkyl halides is 3. The maximum absolute atomic E-state index is 12.6. The number of halogens is 3. The predicted molar refractivity (Wildman–Crippen MR) is 51.7 cm³/mol. The lowest BCUT2D eigenvalue weighted by atomic mass is 9.98. The zero-order chi connectivity index (χ0) is 11.8. The second-order valence-corrected chi connectivity index (χ2v) is 4.33. The largest absolute Gasteiger partial charge is 0.418 e. The average molecular weight is 231 g/mol. The predicted octanol–water partition coefficient (Wildman–Crippen LogP) is 2.42. The van der Waals surface area contributed by atoms with Crippen LogP contribution in [0.1, 0.15) is 24.1 Å². The Bertz CT molecular complexity index is 385. The fourth-order valence-electron chi connectivity index (χ4n) is 1.76. The van der Waals surface area contributed by atoms with Crippen molar-refractivity contribution < 1.29 is 18.3 Å². The number of aromatic nitrogens is 1. The van der Waals surface area contributed by atoms with Crippen LogP contribution in [0, 0.1) is 5.41 Å². The first kappa shape index (κ1) is 11.4. The van der Waals surface area contributed by atoms with E-state index in [9.17, 15) is 13.2 Å². The molecule has 5 heteroatoms. The molecule has 0 unspecified atom stereocenters. The third-order valence-corrected chi connectivity index (χ3v) is 3.03. The highest BCUT2D eigenvalue weighted by Crippen LogP contribution is 2.48. The van der Waals surface area contributed by atoms with E-state index in [0.29, 0.717) is 0 Å². The van der Waals surface area contributed by atoms with Crippen LogP contribution in [0.3, 0.4) is 0 Å². The first-order valence-corrected chi connectivity index (χ1v) is 5.09. The Balaban J connectivity index is 2.27. The molecule has 1 saturated carbocycles. The number of pyridine rings is 1. The molecule has 1 heterocycles. The summed E-state index contributed by atoms with van der Waals surface area (Å²) in [6.07, 6.45) is -1.25. The molecule has 16 heavy (non-hydrogen) atoms. The molecule has 0 aromatic carbocycles. The highest BCUT2D eigenvalue weighted by Gasteiger charge is 2.44. The summed E-state index contributed by atoms with van der Waals surface area (Å²) in [6, 6.07) is 2.32. The molecule has 0 radical (unpaired) electrons. The molecule has 1 aliphatic carbocycles. The molecule has 0 spiro atoms. The molecule has 1 aromatic rings. The van der Waals surface area contributed by atoms with Gasteiger partial charge < -0.3 is 5.11 Å². The van der Waals surface area contributed by atoms with Crippen LogP contribution in [0.2, 0.25) is 0 Å². The van der Waals surface area contributed by atoms with E-state index < -0.39 is 11.7 Å². The molecule has 1 aliphatic rings. The zero-order valence-electron chi connectivity index (χ0n) is 8.59. The van der Waals surface area contributed by atoms with E-state index in [-0.39, 0.29) is 24.1 Å². The van der Waals surface area contributed by atoms with Gasteiger partial charge in [0.2, 0.25) is 0 Å². The second kappa shape index (κ2) is 3.73. The maximum atomic E-state index is 12.6. The van der Waals surface area contributed by atoms with Gasteiger partial charge in [-0.3, -0.25) is 4.98 Å². The Morgan fingerprint density at radius 1 is 1.38 bits per heavy atom. The van der Waals surface area contributed by atoms with Crippen molar-refractivity contribution in [1.82, 2.24) is 4.98 Å². The molecule has 0 amide bonds. The second-order valence-electron chi connectivity index (χ2n) is 4.33. The van der Waals surface area contributed by atoms with Gasteiger partial charge in [-0.1, -0.05) is 0 Å². The van der Waals surface area contributed by atoms with Crippen molar-refractivity contribution in [2.24, 2.45) is 5.41 Å². The lowest BCUT2D eigenvalue weighted by Gasteiger charge is -2.15. The monoisotopic (exact) mass is 231 g/mol. The van der Waals surface area contributed by atoms with Gasteiger partial charge in [0, 0.05) is 12.8 Å². The van der Waals surface area contributed by atoms with Crippen molar-refractivity contribution in [1.29, 1.82) is 0 Å². The van der Waals surface area contributed by atoms with Crippen LogP contribution in [0.25, 0.3) is 0 Å². The lowest BCUT2D eigenvalue weighted by molar-refractivity contribution is -0.138.